The number of unbranched alkanes of at least 4 members (excludes halogenated alkanes) is 16. The Bertz CT molecular complexity index is 963. The number of nitrogens with one attached hydrogen (secondary N) is 2. The maximum absolute atomic E-state index is 12.9. The zero-order chi connectivity index (χ0) is 37.7. The SMILES string of the molecule is CCCC/C=C\C/C=C\CCCCCCCC(=O)NC[C@@H](CNC(=O)OC(C)(C)C)C(=O)OCCCCCCCC/C=C\C/C=C\CCCCC. The number of rotatable bonds is 33. The molecule has 0 spiro atoms. The Morgan fingerprint density at radius 3 is 1.53 bits per heavy atom. The number of hydrogen-bond acceptors (Lipinski definition) is 5. The topological polar surface area (TPSA) is 93.7 Å². The normalized spacial score (nSPS) is 12.7. The molecule has 0 unspecified atom stereocenters. The number of hydrogen-bond donors (Lipinski definition) is 2. The van der Waals surface area contributed by atoms with Crippen molar-refractivity contribution < 1.29 is 23.9 Å². The molecule has 0 aromatic rings. The van der Waals surface area contributed by atoms with Crippen molar-refractivity contribution in [2.75, 3.05) is 19.7 Å². The number of carbonyl (C=O) groups excluding carboxylic acids is 3. The standard InChI is InChI=1S/C44H78N2O5/c1-6-8-10-12-14-16-18-20-22-23-25-27-29-31-33-35-37-50-42(48)40(39-46-43(49)51-44(3,4)5)38-45-41(47)36-34-32-30-28-26-24-21-19-17-15-13-11-9-7-2/h13-16,19-22,40H,6-12,17-18,23-39H2,1-5H3,(H,45,47)(H,46,49)/b15-13-,16-14-,21-19-,22-20-/t40-/m0/s1. The van der Waals surface area contributed by atoms with Crippen molar-refractivity contribution >= 4 is 18.0 Å². The van der Waals surface area contributed by atoms with Gasteiger partial charge in [0.25, 0.3) is 0 Å². The van der Waals surface area contributed by atoms with Gasteiger partial charge in [-0.3, -0.25) is 9.59 Å². The lowest BCUT2D eigenvalue weighted by Gasteiger charge is -2.21. The summed E-state index contributed by atoms with van der Waals surface area (Å²) in [6.07, 6.45) is 42.9. The molecule has 0 aliphatic rings. The minimum absolute atomic E-state index is 0.0430. The van der Waals surface area contributed by atoms with Gasteiger partial charge in [-0.15, -0.1) is 0 Å². The molecule has 2 amide bonds. The lowest BCUT2D eigenvalue weighted by Crippen LogP contribution is -2.42. The van der Waals surface area contributed by atoms with E-state index in [9.17, 15) is 14.4 Å². The maximum atomic E-state index is 12.9. The number of amides is 2. The second-order valence-corrected chi connectivity index (χ2v) is 14.8. The summed E-state index contributed by atoms with van der Waals surface area (Å²) in [4.78, 5) is 37.7. The largest absolute Gasteiger partial charge is 0.465 e. The highest BCUT2D eigenvalue weighted by Gasteiger charge is 2.23. The molecule has 51 heavy (non-hydrogen) atoms. The second kappa shape index (κ2) is 35.6. The number of esters is 1. The third-order valence-corrected chi connectivity index (χ3v) is 8.46. The van der Waals surface area contributed by atoms with Crippen molar-refractivity contribution in [3.05, 3.63) is 48.6 Å². The fourth-order valence-electron chi connectivity index (χ4n) is 5.37. The minimum atomic E-state index is -0.675. The first kappa shape index (κ1) is 48.2. The Morgan fingerprint density at radius 1 is 0.549 bits per heavy atom. The summed E-state index contributed by atoms with van der Waals surface area (Å²) >= 11 is 0. The van der Waals surface area contributed by atoms with E-state index in [4.69, 9.17) is 9.47 Å². The molecule has 0 heterocycles. The van der Waals surface area contributed by atoms with Crippen LogP contribution >= 0.6 is 0 Å². The molecule has 0 bridgehead atoms. The van der Waals surface area contributed by atoms with Gasteiger partial charge in [0.2, 0.25) is 5.91 Å². The first-order chi connectivity index (χ1) is 24.7. The van der Waals surface area contributed by atoms with Gasteiger partial charge < -0.3 is 20.1 Å². The molecule has 0 fully saturated rings. The van der Waals surface area contributed by atoms with Crippen molar-refractivity contribution in [2.45, 2.75) is 188 Å². The quantitative estimate of drug-likeness (QED) is 0.0401. The Hall–Kier alpha value is -2.83. The number of alkyl carbamates (subject to hydrolysis) is 1. The summed E-state index contributed by atoms with van der Waals surface area (Å²) in [6.45, 7) is 10.3. The molecule has 294 valence electrons. The molecule has 2 N–H and O–H groups in total. The molecule has 0 saturated heterocycles. The van der Waals surface area contributed by atoms with Crippen LogP contribution in [0, 0.1) is 5.92 Å². The number of carbonyl (C=O) groups is 3. The van der Waals surface area contributed by atoms with Gasteiger partial charge in [-0.05, 0) is 91.4 Å². The fraction of sp³-hybridized carbons (Fsp3) is 0.750. The van der Waals surface area contributed by atoms with E-state index < -0.39 is 23.6 Å². The van der Waals surface area contributed by atoms with Crippen LogP contribution in [0.1, 0.15) is 182 Å². The van der Waals surface area contributed by atoms with Crippen molar-refractivity contribution in [3.8, 4) is 0 Å². The number of allylic oxidation sites excluding steroid dienone is 8. The van der Waals surface area contributed by atoms with Gasteiger partial charge in [-0.2, -0.15) is 0 Å². The molecule has 0 aromatic carbocycles. The molecule has 0 aromatic heterocycles. The number of ether oxygens (including phenoxy) is 2. The Morgan fingerprint density at radius 2 is 1.00 bits per heavy atom. The van der Waals surface area contributed by atoms with Crippen molar-refractivity contribution in [1.29, 1.82) is 0 Å². The third kappa shape index (κ3) is 36.8. The summed E-state index contributed by atoms with van der Waals surface area (Å²) < 4.78 is 10.9. The van der Waals surface area contributed by atoms with Crippen LogP contribution in [0.2, 0.25) is 0 Å². The molecule has 7 nitrogen and oxygen atoms in total. The Labute approximate surface area is 313 Å². The molecule has 0 rings (SSSR count). The molecule has 0 aliphatic carbocycles. The van der Waals surface area contributed by atoms with Crippen molar-refractivity contribution in [2.24, 2.45) is 5.92 Å². The van der Waals surface area contributed by atoms with Crippen molar-refractivity contribution in [1.82, 2.24) is 10.6 Å². The maximum Gasteiger partial charge on any atom is 0.407 e. The zero-order valence-electron chi connectivity index (χ0n) is 33.6. The van der Waals surface area contributed by atoms with Crippen LogP contribution < -0.4 is 10.6 Å². The van der Waals surface area contributed by atoms with Gasteiger partial charge in [-0.25, -0.2) is 4.79 Å². The van der Waals surface area contributed by atoms with E-state index in [1.165, 1.54) is 70.6 Å². The highest BCUT2D eigenvalue weighted by molar-refractivity contribution is 5.78. The third-order valence-electron chi connectivity index (χ3n) is 8.46. The minimum Gasteiger partial charge on any atom is -0.465 e. The summed E-state index contributed by atoms with van der Waals surface area (Å²) in [5.74, 6) is -1.16. The van der Waals surface area contributed by atoms with Gasteiger partial charge in [0.1, 0.15) is 5.60 Å². The van der Waals surface area contributed by atoms with Crippen LogP contribution in [-0.2, 0) is 19.1 Å². The average Bonchev–Trinajstić information content (AvgIpc) is 3.08. The Balaban J connectivity index is 4.24. The summed E-state index contributed by atoms with van der Waals surface area (Å²) in [6, 6.07) is 0. The highest BCUT2D eigenvalue weighted by atomic mass is 16.6. The van der Waals surface area contributed by atoms with Crippen LogP contribution in [0.5, 0.6) is 0 Å². The van der Waals surface area contributed by atoms with E-state index in [-0.39, 0.29) is 19.0 Å². The molecular weight excluding hydrogens is 636 g/mol. The van der Waals surface area contributed by atoms with E-state index in [1.807, 2.05) is 0 Å². The first-order valence-electron chi connectivity index (χ1n) is 20.7. The van der Waals surface area contributed by atoms with Gasteiger partial charge in [0.15, 0.2) is 0 Å². The summed E-state index contributed by atoms with van der Waals surface area (Å²) in [7, 11) is 0. The lowest BCUT2D eigenvalue weighted by atomic mass is 10.1. The summed E-state index contributed by atoms with van der Waals surface area (Å²) in [5.41, 5.74) is -0.641. The van der Waals surface area contributed by atoms with Crippen LogP contribution in [0.15, 0.2) is 48.6 Å². The van der Waals surface area contributed by atoms with Gasteiger partial charge in [0.05, 0.1) is 12.5 Å². The molecule has 0 aliphatic heterocycles. The predicted molar refractivity (Wildman–Crippen MR) is 216 cm³/mol. The van der Waals surface area contributed by atoms with E-state index in [0.29, 0.717) is 13.0 Å². The lowest BCUT2D eigenvalue weighted by molar-refractivity contribution is -0.148. The average molecular weight is 715 g/mol. The molecule has 0 radical (unpaired) electrons. The van der Waals surface area contributed by atoms with Crippen LogP contribution in [-0.4, -0.2) is 43.3 Å². The molecule has 7 heteroatoms. The van der Waals surface area contributed by atoms with Crippen molar-refractivity contribution in [3.63, 3.8) is 0 Å². The molecule has 1 atom stereocenters. The van der Waals surface area contributed by atoms with Crippen LogP contribution in [0.4, 0.5) is 4.79 Å². The zero-order valence-corrected chi connectivity index (χ0v) is 33.6. The Kier molecular flexibility index (Phi) is 33.6. The summed E-state index contributed by atoms with van der Waals surface area (Å²) in [5, 5.41) is 5.56. The molecular formula is C44H78N2O5. The van der Waals surface area contributed by atoms with Gasteiger partial charge in [-0.1, -0.05) is 133 Å². The first-order valence-corrected chi connectivity index (χ1v) is 20.7. The highest BCUT2D eigenvalue weighted by Crippen LogP contribution is 2.11. The van der Waals surface area contributed by atoms with Gasteiger partial charge in [0, 0.05) is 19.5 Å². The smallest absolute Gasteiger partial charge is 0.407 e. The van der Waals surface area contributed by atoms with Crippen LogP contribution in [0.25, 0.3) is 0 Å². The van der Waals surface area contributed by atoms with E-state index in [0.717, 1.165) is 70.6 Å². The van der Waals surface area contributed by atoms with E-state index in [2.05, 4.69) is 73.1 Å². The van der Waals surface area contributed by atoms with E-state index >= 15 is 0 Å². The second-order valence-electron chi connectivity index (χ2n) is 14.8. The monoisotopic (exact) mass is 715 g/mol. The predicted octanol–water partition coefficient (Wildman–Crippen LogP) is 12.0. The van der Waals surface area contributed by atoms with E-state index in [1.54, 1.807) is 20.8 Å². The fourth-order valence-corrected chi connectivity index (χ4v) is 5.37. The van der Waals surface area contributed by atoms with Crippen LogP contribution in [0.3, 0.4) is 0 Å². The molecule has 0 saturated carbocycles. The van der Waals surface area contributed by atoms with Gasteiger partial charge >= 0.3 is 12.1 Å².